The highest BCUT2D eigenvalue weighted by Crippen LogP contribution is 2.37. The number of hydrogen-bond donors (Lipinski definition) is 0. The van der Waals surface area contributed by atoms with Gasteiger partial charge in [-0.3, -0.25) is 4.90 Å². The maximum Gasteiger partial charge on any atom is 0.321 e. The lowest BCUT2D eigenvalue weighted by molar-refractivity contribution is 0.107. The van der Waals surface area contributed by atoms with E-state index in [-0.39, 0.29) is 24.2 Å². The van der Waals surface area contributed by atoms with Crippen LogP contribution in [-0.4, -0.2) is 70.6 Å². The fourth-order valence-electron chi connectivity index (χ4n) is 5.99. The summed E-state index contributed by atoms with van der Waals surface area (Å²) in [7, 11) is 0. The molecule has 3 fully saturated rings. The molecule has 3 saturated heterocycles. The van der Waals surface area contributed by atoms with E-state index < -0.39 is 0 Å². The molecule has 206 valence electrons. The summed E-state index contributed by atoms with van der Waals surface area (Å²) in [6, 6.07) is 21.4. The van der Waals surface area contributed by atoms with Crippen molar-refractivity contribution in [3.05, 3.63) is 88.6 Å². The highest BCUT2D eigenvalue weighted by molar-refractivity contribution is 6.30. The number of aromatic nitrogens is 1. The Balaban J connectivity index is 1.08. The zero-order valence-electron chi connectivity index (χ0n) is 22.3. The Morgan fingerprint density at radius 2 is 1.88 bits per heavy atom. The van der Waals surface area contributed by atoms with Gasteiger partial charge in [-0.15, -0.1) is 0 Å². The average molecular weight is 558 g/mol. The Hall–Kier alpha value is -3.64. The van der Waals surface area contributed by atoms with Gasteiger partial charge in [0, 0.05) is 56.1 Å². The number of carbonyl (C=O) groups excluding carboxylic acids is 1. The minimum atomic E-state index is -0.00352. The van der Waals surface area contributed by atoms with Crippen molar-refractivity contribution in [2.75, 3.05) is 32.8 Å². The third kappa shape index (κ3) is 5.78. The summed E-state index contributed by atoms with van der Waals surface area (Å²) in [5, 5.41) is 9.65. The second kappa shape index (κ2) is 11.8. The number of likely N-dealkylation sites (tertiary alicyclic amines) is 1. The van der Waals surface area contributed by atoms with Gasteiger partial charge in [0.05, 0.1) is 30.3 Å². The first kappa shape index (κ1) is 26.6. The number of carbonyl (C=O) groups is 1. The number of piperidine rings is 1. The largest absolute Gasteiger partial charge is 0.439 e. The monoisotopic (exact) mass is 557 g/mol. The van der Waals surface area contributed by atoms with Crippen molar-refractivity contribution in [2.24, 2.45) is 0 Å². The molecule has 3 aliphatic heterocycles. The lowest BCUT2D eigenvalue weighted by atomic mass is 9.99. The summed E-state index contributed by atoms with van der Waals surface area (Å²) in [5.74, 6) is 1.16. The van der Waals surface area contributed by atoms with Crippen molar-refractivity contribution in [3.8, 4) is 17.7 Å². The third-order valence-corrected chi connectivity index (χ3v) is 8.35. The molecular formula is C31H32ClN5O3. The summed E-state index contributed by atoms with van der Waals surface area (Å²) in [5.41, 5.74) is 2.81. The molecule has 4 heterocycles. The van der Waals surface area contributed by atoms with Gasteiger partial charge in [0.1, 0.15) is 5.75 Å². The SMILES string of the molecule is N#Cc1ccc(Oc2ccc(CN3CCC(N4C(=O)N(C5CCOC5)CC4c4cccc(Cl)c4)CC3)cn2)cc1. The van der Waals surface area contributed by atoms with Gasteiger partial charge < -0.3 is 19.3 Å². The summed E-state index contributed by atoms with van der Waals surface area (Å²) >= 11 is 6.35. The van der Waals surface area contributed by atoms with Crippen molar-refractivity contribution >= 4 is 17.6 Å². The molecule has 2 unspecified atom stereocenters. The van der Waals surface area contributed by atoms with Crippen LogP contribution in [0.15, 0.2) is 66.9 Å². The molecule has 0 spiro atoms. The summed E-state index contributed by atoms with van der Waals surface area (Å²) in [6.45, 7) is 4.63. The zero-order chi connectivity index (χ0) is 27.5. The second-order valence-corrected chi connectivity index (χ2v) is 11.1. The van der Waals surface area contributed by atoms with E-state index in [2.05, 4.69) is 26.9 Å². The molecule has 0 saturated carbocycles. The van der Waals surface area contributed by atoms with Gasteiger partial charge in [-0.25, -0.2) is 9.78 Å². The van der Waals surface area contributed by atoms with Crippen LogP contribution in [0, 0.1) is 11.3 Å². The van der Waals surface area contributed by atoms with E-state index in [4.69, 9.17) is 26.3 Å². The number of ether oxygens (including phenoxy) is 2. The van der Waals surface area contributed by atoms with Crippen LogP contribution in [0.25, 0.3) is 0 Å². The molecule has 9 heteroatoms. The van der Waals surface area contributed by atoms with E-state index >= 15 is 0 Å². The van der Waals surface area contributed by atoms with Gasteiger partial charge in [0.15, 0.2) is 0 Å². The Morgan fingerprint density at radius 1 is 1.05 bits per heavy atom. The summed E-state index contributed by atoms with van der Waals surface area (Å²) in [6.07, 6.45) is 4.59. The molecule has 2 aromatic carbocycles. The van der Waals surface area contributed by atoms with Crippen LogP contribution in [0.4, 0.5) is 4.79 Å². The number of hydrogen-bond acceptors (Lipinski definition) is 6. The van der Waals surface area contributed by atoms with E-state index in [1.807, 2.05) is 41.4 Å². The van der Waals surface area contributed by atoms with Gasteiger partial charge in [-0.1, -0.05) is 29.8 Å². The van der Waals surface area contributed by atoms with Crippen LogP contribution < -0.4 is 4.74 Å². The number of amides is 2. The van der Waals surface area contributed by atoms with E-state index in [0.29, 0.717) is 42.0 Å². The molecule has 2 atom stereocenters. The Bertz CT molecular complexity index is 1360. The molecule has 0 radical (unpaired) electrons. The van der Waals surface area contributed by atoms with E-state index in [0.717, 1.165) is 50.0 Å². The Labute approximate surface area is 239 Å². The minimum Gasteiger partial charge on any atom is -0.439 e. The fourth-order valence-corrected chi connectivity index (χ4v) is 6.19. The standard InChI is InChI=1S/C31H32ClN5O3/c32-25-3-1-2-24(16-25)29-20-36(27-12-15-39-21-27)31(38)37(29)26-10-13-35(14-11-26)19-23-6-9-30(34-18-23)40-28-7-4-22(17-33)5-8-28/h1-9,16,18,26-27,29H,10-15,19-21H2. The third-order valence-electron chi connectivity index (χ3n) is 8.11. The van der Waals surface area contributed by atoms with E-state index in [1.54, 1.807) is 24.3 Å². The molecule has 2 amide bonds. The maximum absolute atomic E-state index is 13.7. The second-order valence-electron chi connectivity index (χ2n) is 10.7. The van der Waals surface area contributed by atoms with Gasteiger partial charge in [-0.2, -0.15) is 5.26 Å². The molecule has 6 rings (SSSR count). The number of pyridine rings is 1. The van der Waals surface area contributed by atoms with Crippen LogP contribution in [0.3, 0.4) is 0 Å². The van der Waals surface area contributed by atoms with Crippen molar-refractivity contribution in [2.45, 2.75) is 43.9 Å². The molecule has 1 aromatic heterocycles. The lowest BCUT2D eigenvalue weighted by Gasteiger charge is -2.39. The van der Waals surface area contributed by atoms with Crippen molar-refractivity contribution in [3.63, 3.8) is 0 Å². The molecule has 40 heavy (non-hydrogen) atoms. The molecule has 0 aliphatic carbocycles. The van der Waals surface area contributed by atoms with Crippen molar-refractivity contribution in [1.29, 1.82) is 5.26 Å². The molecule has 8 nitrogen and oxygen atoms in total. The van der Waals surface area contributed by atoms with Crippen LogP contribution in [0.2, 0.25) is 5.02 Å². The first-order valence-corrected chi connectivity index (χ1v) is 14.2. The van der Waals surface area contributed by atoms with Crippen molar-refractivity contribution < 1.29 is 14.3 Å². The first-order valence-electron chi connectivity index (χ1n) is 13.8. The summed E-state index contributed by atoms with van der Waals surface area (Å²) in [4.78, 5) is 24.8. The predicted octanol–water partition coefficient (Wildman–Crippen LogP) is 5.63. The summed E-state index contributed by atoms with van der Waals surface area (Å²) < 4.78 is 11.4. The first-order chi connectivity index (χ1) is 19.6. The smallest absolute Gasteiger partial charge is 0.321 e. The molecular weight excluding hydrogens is 526 g/mol. The Morgan fingerprint density at radius 3 is 2.55 bits per heavy atom. The van der Waals surface area contributed by atoms with Crippen LogP contribution in [0.1, 0.15) is 42.0 Å². The van der Waals surface area contributed by atoms with E-state index in [9.17, 15) is 4.79 Å². The number of urea groups is 1. The zero-order valence-corrected chi connectivity index (χ0v) is 23.0. The van der Waals surface area contributed by atoms with Gasteiger partial charge in [-0.05, 0) is 66.8 Å². The number of rotatable bonds is 7. The van der Waals surface area contributed by atoms with Crippen LogP contribution in [0.5, 0.6) is 11.6 Å². The Kier molecular flexibility index (Phi) is 7.87. The van der Waals surface area contributed by atoms with Gasteiger partial charge in [0.25, 0.3) is 0 Å². The van der Waals surface area contributed by atoms with Crippen LogP contribution >= 0.6 is 11.6 Å². The topological polar surface area (TPSA) is 81.9 Å². The molecule has 0 N–H and O–H groups in total. The highest BCUT2D eigenvalue weighted by atomic mass is 35.5. The lowest BCUT2D eigenvalue weighted by Crippen LogP contribution is -2.48. The van der Waals surface area contributed by atoms with Crippen molar-refractivity contribution in [1.82, 2.24) is 19.7 Å². The number of benzene rings is 2. The molecule has 3 aliphatic rings. The maximum atomic E-state index is 13.7. The number of halogens is 1. The molecule has 3 aromatic rings. The van der Waals surface area contributed by atoms with Gasteiger partial charge in [0.2, 0.25) is 5.88 Å². The van der Waals surface area contributed by atoms with Crippen LogP contribution in [-0.2, 0) is 11.3 Å². The fraction of sp³-hybridized carbons (Fsp3) is 0.387. The number of nitriles is 1. The predicted molar refractivity (Wildman–Crippen MR) is 151 cm³/mol. The average Bonchev–Trinajstić information content (AvgIpc) is 3.63. The van der Waals surface area contributed by atoms with E-state index in [1.165, 1.54) is 0 Å². The van der Waals surface area contributed by atoms with Gasteiger partial charge >= 0.3 is 6.03 Å². The quantitative estimate of drug-likeness (QED) is 0.374. The molecule has 0 bridgehead atoms. The highest BCUT2D eigenvalue weighted by Gasteiger charge is 2.45. The minimum absolute atomic E-state index is 0.00352. The normalized spacial score (nSPS) is 22.1. The number of nitrogens with zero attached hydrogens (tertiary/aromatic N) is 5.